The maximum atomic E-state index is 8.66. The number of halogens is 2. The zero-order chi connectivity index (χ0) is 19.5. The second-order valence-corrected chi connectivity index (χ2v) is 5.45. The number of amidine groups is 2. The molecular formula is C17H24Cl2N6O4. The highest BCUT2D eigenvalue weighted by Gasteiger charge is 2.04. The van der Waals surface area contributed by atoms with Gasteiger partial charge in [0.25, 0.3) is 0 Å². The van der Waals surface area contributed by atoms with Crippen LogP contribution in [-0.4, -0.2) is 45.3 Å². The van der Waals surface area contributed by atoms with E-state index in [2.05, 4.69) is 20.3 Å². The molecular weight excluding hydrogens is 423 g/mol. The van der Waals surface area contributed by atoms with Gasteiger partial charge in [0, 0.05) is 12.1 Å². The van der Waals surface area contributed by atoms with Crippen LogP contribution >= 0.6 is 24.8 Å². The van der Waals surface area contributed by atoms with Crippen LogP contribution in [0, 0.1) is 0 Å². The van der Waals surface area contributed by atoms with Crippen LogP contribution in [0.1, 0.15) is 30.7 Å². The third-order valence-corrected chi connectivity index (χ3v) is 3.48. The molecule has 0 aliphatic rings. The van der Waals surface area contributed by atoms with Crippen molar-refractivity contribution in [2.24, 2.45) is 21.8 Å². The highest BCUT2D eigenvalue weighted by molar-refractivity contribution is 5.95. The molecule has 0 unspecified atom stereocenters. The lowest BCUT2D eigenvalue weighted by atomic mass is 10.2. The molecule has 0 amide bonds. The summed E-state index contributed by atoms with van der Waals surface area (Å²) in [7, 11) is 0. The van der Waals surface area contributed by atoms with Gasteiger partial charge in [-0.05, 0) is 31.4 Å². The molecule has 0 aromatic carbocycles. The van der Waals surface area contributed by atoms with E-state index < -0.39 is 0 Å². The van der Waals surface area contributed by atoms with Crippen LogP contribution in [0.15, 0.2) is 46.7 Å². The van der Waals surface area contributed by atoms with Crippen LogP contribution in [0.5, 0.6) is 11.8 Å². The zero-order valence-electron chi connectivity index (χ0n) is 15.5. The Kier molecular flexibility index (Phi) is 12.6. The first-order valence-electron chi connectivity index (χ1n) is 8.29. The van der Waals surface area contributed by atoms with Crippen LogP contribution in [0.4, 0.5) is 0 Å². The monoisotopic (exact) mass is 446 g/mol. The van der Waals surface area contributed by atoms with Crippen LogP contribution in [0.25, 0.3) is 0 Å². The van der Waals surface area contributed by atoms with E-state index in [1.54, 1.807) is 36.4 Å². The van der Waals surface area contributed by atoms with Crippen molar-refractivity contribution in [3.05, 3.63) is 47.8 Å². The van der Waals surface area contributed by atoms with Gasteiger partial charge in [0.1, 0.15) is 11.4 Å². The molecule has 0 aliphatic heterocycles. The molecule has 2 rings (SSSR count). The predicted octanol–water partition coefficient (Wildman–Crippen LogP) is 2.14. The Labute approximate surface area is 180 Å². The molecule has 0 saturated heterocycles. The zero-order valence-corrected chi connectivity index (χ0v) is 17.1. The summed E-state index contributed by atoms with van der Waals surface area (Å²) in [5, 5.41) is 23.1. The number of aromatic nitrogens is 2. The molecule has 160 valence electrons. The van der Waals surface area contributed by atoms with Crippen molar-refractivity contribution in [2.75, 3.05) is 13.2 Å². The first-order chi connectivity index (χ1) is 13.1. The minimum Gasteiger partial charge on any atom is -0.478 e. The Morgan fingerprint density at radius 1 is 0.759 bits per heavy atom. The van der Waals surface area contributed by atoms with Crippen LogP contribution in [0.2, 0.25) is 0 Å². The molecule has 29 heavy (non-hydrogen) atoms. The molecule has 0 aliphatic carbocycles. The van der Waals surface area contributed by atoms with Crippen LogP contribution < -0.4 is 20.9 Å². The fourth-order valence-electron chi connectivity index (χ4n) is 2.11. The van der Waals surface area contributed by atoms with E-state index in [0.717, 1.165) is 19.3 Å². The van der Waals surface area contributed by atoms with Crippen molar-refractivity contribution >= 4 is 36.5 Å². The van der Waals surface area contributed by atoms with Crippen LogP contribution in [0.3, 0.4) is 0 Å². The van der Waals surface area contributed by atoms with E-state index in [-0.39, 0.29) is 36.5 Å². The van der Waals surface area contributed by atoms with Crippen molar-refractivity contribution in [1.29, 1.82) is 0 Å². The third kappa shape index (κ3) is 8.71. The van der Waals surface area contributed by atoms with Gasteiger partial charge in [-0.3, -0.25) is 0 Å². The topological polar surface area (TPSA) is 161 Å². The van der Waals surface area contributed by atoms with Gasteiger partial charge in [0.05, 0.1) is 13.2 Å². The van der Waals surface area contributed by atoms with Crippen molar-refractivity contribution in [3.63, 3.8) is 0 Å². The quantitative estimate of drug-likeness (QED) is 0.142. The van der Waals surface area contributed by atoms with Gasteiger partial charge in [-0.15, -0.1) is 24.8 Å². The number of nitrogens with zero attached hydrogens (tertiary/aromatic N) is 4. The Morgan fingerprint density at radius 2 is 1.17 bits per heavy atom. The smallest absolute Gasteiger partial charge is 0.213 e. The summed E-state index contributed by atoms with van der Waals surface area (Å²) in [5.74, 6) is 0.698. The molecule has 0 bridgehead atoms. The van der Waals surface area contributed by atoms with Crippen molar-refractivity contribution in [3.8, 4) is 11.8 Å². The fourth-order valence-corrected chi connectivity index (χ4v) is 2.11. The van der Waals surface area contributed by atoms with Gasteiger partial charge in [-0.25, -0.2) is 9.97 Å². The highest BCUT2D eigenvalue weighted by Crippen LogP contribution is 2.10. The first kappa shape index (κ1) is 26.0. The fraction of sp³-hybridized carbons (Fsp3) is 0.294. The predicted molar refractivity (Wildman–Crippen MR) is 113 cm³/mol. The van der Waals surface area contributed by atoms with Gasteiger partial charge < -0.3 is 31.4 Å². The summed E-state index contributed by atoms with van der Waals surface area (Å²) < 4.78 is 11.1. The van der Waals surface area contributed by atoms with Gasteiger partial charge >= 0.3 is 0 Å². The van der Waals surface area contributed by atoms with Crippen molar-refractivity contribution in [1.82, 2.24) is 9.97 Å². The Hall–Kier alpha value is -2.98. The number of hydrogen-bond acceptors (Lipinski definition) is 8. The number of pyridine rings is 2. The average Bonchev–Trinajstić information content (AvgIpc) is 2.72. The standard InChI is InChI=1S/C17H22N6O4.2ClH/c18-16(22-24)12-6-4-8-14(20-12)26-10-2-1-3-11-27-15-9-5-7-13(21-15)17(19)23-25;;/h4-9,24-25H,1-3,10-11H2,(H2,18,22)(H2,19,23);2*1H. The minimum absolute atomic E-state index is 0. The highest BCUT2D eigenvalue weighted by atomic mass is 35.5. The number of ether oxygens (including phenoxy) is 2. The number of unbranched alkanes of at least 4 members (excludes halogenated alkanes) is 2. The molecule has 0 radical (unpaired) electrons. The summed E-state index contributed by atoms with van der Waals surface area (Å²) in [6.07, 6.45) is 2.52. The molecule has 2 aromatic heterocycles. The number of nitrogens with two attached hydrogens (primary N) is 2. The maximum absolute atomic E-state index is 8.66. The maximum Gasteiger partial charge on any atom is 0.213 e. The summed E-state index contributed by atoms with van der Waals surface area (Å²) in [6.45, 7) is 0.980. The molecule has 2 aromatic rings. The Morgan fingerprint density at radius 3 is 1.55 bits per heavy atom. The summed E-state index contributed by atoms with van der Waals surface area (Å²) in [6, 6.07) is 10.1. The normalized spacial score (nSPS) is 11.2. The van der Waals surface area contributed by atoms with E-state index in [9.17, 15) is 0 Å². The lowest BCUT2D eigenvalue weighted by Crippen LogP contribution is -2.15. The second kappa shape index (κ2) is 14.1. The molecule has 12 heteroatoms. The van der Waals surface area contributed by atoms with Crippen LogP contribution in [-0.2, 0) is 0 Å². The summed E-state index contributed by atoms with van der Waals surface area (Å²) in [4.78, 5) is 8.28. The van der Waals surface area contributed by atoms with Crippen molar-refractivity contribution < 1.29 is 19.9 Å². The van der Waals surface area contributed by atoms with Crippen molar-refractivity contribution in [2.45, 2.75) is 19.3 Å². The van der Waals surface area contributed by atoms with E-state index in [1.165, 1.54) is 0 Å². The molecule has 6 N–H and O–H groups in total. The second-order valence-electron chi connectivity index (χ2n) is 5.45. The number of hydrogen-bond donors (Lipinski definition) is 4. The summed E-state index contributed by atoms with van der Waals surface area (Å²) >= 11 is 0. The van der Waals surface area contributed by atoms with E-state index in [0.29, 0.717) is 36.4 Å². The average molecular weight is 447 g/mol. The van der Waals surface area contributed by atoms with E-state index in [4.69, 9.17) is 31.4 Å². The minimum atomic E-state index is -0.0673. The molecule has 2 heterocycles. The SMILES string of the molecule is Cl.Cl.N/C(=N\O)c1cccc(OCCCCCOc2cccc(/C(N)=N/O)n2)n1. The Bertz CT molecular complexity index is 741. The lowest BCUT2D eigenvalue weighted by molar-refractivity contribution is 0.269. The van der Waals surface area contributed by atoms with Gasteiger partial charge in [-0.1, -0.05) is 22.4 Å². The van der Waals surface area contributed by atoms with E-state index in [1.807, 2.05) is 0 Å². The molecule has 0 fully saturated rings. The Balaban J connectivity index is 0.00000392. The molecule has 0 atom stereocenters. The van der Waals surface area contributed by atoms with Gasteiger partial charge in [-0.2, -0.15) is 0 Å². The van der Waals surface area contributed by atoms with Gasteiger partial charge in [0.15, 0.2) is 11.7 Å². The molecule has 0 spiro atoms. The largest absolute Gasteiger partial charge is 0.478 e. The van der Waals surface area contributed by atoms with E-state index >= 15 is 0 Å². The lowest BCUT2D eigenvalue weighted by Gasteiger charge is -2.08. The third-order valence-electron chi connectivity index (χ3n) is 3.48. The van der Waals surface area contributed by atoms with Gasteiger partial charge in [0.2, 0.25) is 11.8 Å². The molecule has 0 saturated carbocycles. The number of rotatable bonds is 10. The molecule has 10 nitrogen and oxygen atoms in total. The first-order valence-corrected chi connectivity index (χ1v) is 8.29. The summed E-state index contributed by atoms with van der Waals surface area (Å²) in [5.41, 5.74) is 11.7. The number of oxime groups is 2.